The van der Waals surface area contributed by atoms with E-state index in [1.807, 2.05) is 38.4 Å². The summed E-state index contributed by atoms with van der Waals surface area (Å²) in [6.07, 6.45) is 2.42. The van der Waals surface area contributed by atoms with E-state index in [0.717, 1.165) is 32.0 Å². The molecule has 0 saturated heterocycles. The summed E-state index contributed by atoms with van der Waals surface area (Å²) in [5.41, 5.74) is 3.19. The number of benzene rings is 1. The Kier molecular flexibility index (Phi) is 4.61. The maximum Gasteiger partial charge on any atom is 0.224 e. The topological polar surface area (TPSA) is 46.9 Å². The lowest BCUT2D eigenvalue weighted by Gasteiger charge is -2.03. The summed E-state index contributed by atoms with van der Waals surface area (Å²) in [7, 11) is 2.01. The largest absolute Gasteiger partial charge is 0.351 e. The fourth-order valence-corrected chi connectivity index (χ4v) is 4.88. The van der Waals surface area contributed by atoms with Crippen molar-refractivity contribution in [2.75, 3.05) is 0 Å². The molecule has 4 aromatic rings. The third-order valence-corrected chi connectivity index (χ3v) is 6.60. The summed E-state index contributed by atoms with van der Waals surface area (Å²) in [6.45, 7) is 2.53. The van der Waals surface area contributed by atoms with Crippen LogP contribution in [0.15, 0.2) is 48.0 Å². The van der Waals surface area contributed by atoms with Crippen molar-refractivity contribution in [3.8, 4) is 9.88 Å². The summed E-state index contributed by atoms with van der Waals surface area (Å²) in [4.78, 5) is 19.4. The smallest absolute Gasteiger partial charge is 0.224 e. The van der Waals surface area contributed by atoms with Gasteiger partial charge in [0.15, 0.2) is 0 Å². The van der Waals surface area contributed by atoms with Gasteiger partial charge in [0.05, 0.1) is 23.5 Å². The van der Waals surface area contributed by atoms with Gasteiger partial charge < -0.3 is 9.88 Å². The van der Waals surface area contributed by atoms with Crippen molar-refractivity contribution >= 4 is 39.5 Å². The Morgan fingerprint density at radius 3 is 2.88 bits per heavy atom. The molecule has 4 nitrogen and oxygen atoms in total. The fourth-order valence-electron chi connectivity index (χ4n) is 3.08. The quantitative estimate of drug-likeness (QED) is 0.552. The highest BCUT2D eigenvalue weighted by atomic mass is 32.1. The van der Waals surface area contributed by atoms with E-state index in [1.54, 1.807) is 22.7 Å². The second kappa shape index (κ2) is 7.05. The molecule has 26 heavy (non-hydrogen) atoms. The number of fused-ring (bicyclic) bond motifs is 1. The number of thiazole rings is 1. The van der Waals surface area contributed by atoms with Gasteiger partial charge in [-0.25, -0.2) is 4.98 Å². The van der Waals surface area contributed by atoms with Gasteiger partial charge in [0.25, 0.3) is 0 Å². The number of hydrogen-bond acceptors (Lipinski definition) is 4. The van der Waals surface area contributed by atoms with E-state index in [4.69, 9.17) is 0 Å². The summed E-state index contributed by atoms with van der Waals surface area (Å²) < 4.78 is 2.07. The zero-order chi connectivity index (χ0) is 18.1. The number of para-hydroxylation sites is 1. The van der Waals surface area contributed by atoms with Crippen LogP contribution >= 0.6 is 22.7 Å². The molecule has 0 unspecified atom stereocenters. The van der Waals surface area contributed by atoms with Crippen molar-refractivity contribution < 1.29 is 4.79 Å². The van der Waals surface area contributed by atoms with Gasteiger partial charge in [-0.3, -0.25) is 4.79 Å². The average Bonchev–Trinajstić information content (AvgIpc) is 3.34. The normalized spacial score (nSPS) is 11.2. The monoisotopic (exact) mass is 381 g/mol. The molecule has 132 valence electrons. The van der Waals surface area contributed by atoms with E-state index in [2.05, 4.69) is 38.4 Å². The molecule has 1 aromatic carbocycles. The molecule has 0 atom stereocenters. The van der Waals surface area contributed by atoms with E-state index in [9.17, 15) is 4.79 Å². The number of aryl methyl sites for hydroxylation is 2. The zero-order valence-electron chi connectivity index (χ0n) is 14.7. The van der Waals surface area contributed by atoms with E-state index >= 15 is 0 Å². The van der Waals surface area contributed by atoms with Crippen LogP contribution < -0.4 is 5.32 Å². The van der Waals surface area contributed by atoms with Crippen molar-refractivity contribution in [3.05, 3.63) is 64.1 Å². The van der Waals surface area contributed by atoms with Crippen LogP contribution in [0.2, 0.25) is 0 Å². The summed E-state index contributed by atoms with van der Waals surface area (Å²) in [5.74, 6) is 0.0341. The molecule has 0 fully saturated rings. The van der Waals surface area contributed by atoms with Crippen LogP contribution in [0.5, 0.6) is 0 Å². The minimum atomic E-state index is 0.0341. The Bertz CT molecular complexity index is 1060. The molecule has 0 aliphatic heterocycles. The van der Waals surface area contributed by atoms with E-state index in [0.29, 0.717) is 13.0 Å². The first-order valence-electron chi connectivity index (χ1n) is 8.41. The maximum atomic E-state index is 12.5. The predicted octanol–water partition coefficient (Wildman–Crippen LogP) is 4.53. The SMILES string of the molecule is Cc1nc(-c2cccs2)sc1CNC(=O)Cc1cn(C)c2ccccc12. The van der Waals surface area contributed by atoms with Crippen molar-refractivity contribution in [1.29, 1.82) is 0 Å². The average molecular weight is 382 g/mol. The van der Waals surface area contributed by atoms with Crippen molar-refractivity contribution in [2.24, 2.45) is 7.05 Å². The maximum absolute atomic E-state index is 12.5. The van der Waals surface area contributed by atoms with Gasteiger partial charge >= 0.3 is 0 Å². The van der Waals surface area contributed by atoms with Crippen LogP contribution in [-0.2, 0) is 24.8 Å². The molecule has 0 aliphatic rings. The Labute approximate surface area is 160 Å². The molecule has 3 aromatic heterocycles. The Balaban J connectivity index is 1.44. The van der Waals surface area contributed by atoms with Crippen molar-refractivity contribution in [1.82, 2.24) is 14.9 Å². The second-order valence-electron chi connectivity index (χ2n) is 6.24. The van der Waals surface area contributed by atoms with Crippen LogP contribution in [0.3, 0.4) is 0 Å². The number of rotatable bonds is 5. The Hall–Kier alpha value is -2.44. The first-order chi connectivity index (χ1) is 12.6. The molecule has 6 heteroatoms. The van der Waals surface area contributed by atoms with Crippen molar-refractivity contribution in [3.63, 3.8) is 0 Å². The van der Waals surface area contributed by atoms with Gasteiger partial charge in [-0.15, -0.1) is 22.7 Å². The first-order valence-corrected chi connectivity index (χ1v) is 10.1. The Morgan fingerprint density at radius 1 is 1.23 bits per heavy atom. The van der Waals surface area contributed by atoms with Crippen LogP contribution in [0.25, 0.3) is 20.8 Å². The lowest BCUT2D eigenvalue weighted by molar-refractivity contribution is -0.120. The molecule has 0 spiro atoms. The summed E-state index contributed by atoms with van der Waals surface area (Å²) in [5, 5.41) is 7.26. The van der Waals surface area contributed by atoms with Crippen LogP contribution in [0.4, 0.5) is 0 Å². The molecule has 0 bridgehead atoms. The third kappa shape index (κ3) is 3.30. The van der Waals surface area contributed by atoms with Crippen molar-refractivity contribution in [2.45, 2.75) is 19.9 Å². The number of hydrogen-bond donors (Lipinski definition) is 1. The standard InChI is InChI=1S/C20H19N3OS2/c1-13-18(26-20(22-13)17-8-5-9-25-17)11-21-19(24)10-14-12-23(2)16-7-4-3-6-15(14)16/h3-9,12H,10-11H2,1-2H3,(H,21,24). The predicted molar refractivity (Wildman–Crippen MR) is 109 cm³/mol. The number of nitrogens with zero attached hydrogens (tertiary/aromatic N) is 2. The molecule has 1 N–H and O–H groups in total. The summed E-state index contributed by atoms with van der Waals surface area (Å²) >= 11 is 3.34. The number of nitrogens with one attached hydrogen (secondary N) is 1. The molecule has 0 radical (unpaired) electrons. The third-order valence-electron chi connectivity index (χ3n) is 4.40. The molecule has 0 saturated carbocycles. The Morgan fingerprint density at radius 2 is 2.08 bits per heavy atom. The number of carbonyl (C=O) groups excluding carboxylic acids is 1. The lowest BCUT2D eigenvalue weighted by atomic mass is 10.1. The summed E-state index contributed by atoms with van der Waals surface area (Å²) in [6, 6.07) is 12.3. The second-order valence-corrected chi connectivity index (χ2v) is 8.27. The lowest BCUT2D eigenvalue weighted by Crippen LogP contribution is -2.24. The molecule has 4 rings (SSSR count). The minimum absolute atomic E-state index is 0.0341. The van der Waals surface area contributed by atoms with Gasteiger partial charge in [0.2, 0.25) is 5.91 Å². The highest BCUT2D eigenvalue weighted by Crippen LogP contribution is 2.31. The van der Waals surface area contributed by atoms with Crippen LogP contribution in [0.1, 0.15) is 16.1 Å². The number of amides is 1. The number of aromatic nitrogens is 2. The highest BCUT2D eigenvalue weighted by Gasteiger charge is 2.13. The highest BCUT2D eigenvalue weighted by molar-refractivity contribution is 7.21. The molecule has 1 amide bonds. The van der Waals surface area contributed by atoms with Crippen LogP contribution in [0, 0.1) is 6.92 Å². The van der Waals surface area contributed by atoms with Gasteiger partial charge in [-0.2, -0.15) is 0 Å². The number of carbonyl (C=O) groups is 1. The minimum Gasteiger partial charge on any atom is -0.351 e. The molecular weight excluding hydrogens is 362 g/mol. The molecule has 3 heterocycles. The fraction of sp³-hybridized carbons (Fsp3) is 0.200. The van der Waals surface area contributed by atoms with Gasteiger partial charge in [0, 0.05) is 29.0 Å². The molecular formula is C20H19N3OS2. The first kappa shape index (κ1) is 17.0. The molecule has 0 aliphatic carbocycles. The van der Waals surface area contributed by atoms with Crippen LogP contribution in [-0.4, -0.2) is 15.5 Å². The van der Waals surface area contributed by atoms with Gasteiger partial charge in [0.1, 0.15) is 5.01 Å². The van der Waals surface area contributed by atoms with Gasteiger partial charge in [-0.05, 0) is 30.0 Å². The zero-order valence-corrected chi connectivity index (χ0v) is 16.3. The van der Waals surface area contributed by atoms with Gasteiger partial charge in [-0.1, -0.05) is 24.3 Å². The number of thiophene rings is 1. The van der Waals surface area contributed by atoms with E-state index in [1.165, 1.54) is 4.88 Å². The van der Waals surface area contributed by atoms with E-state index in [-0.39, 0.29) is 5.91 Å². The van der Waals surface area contributed by atoms with E-state index < -0.39 is 0 Å².